The fraction of sp³-hybridized carbons (Fsp3) is 0.308. The van der Waals surface area contributed by atoms with Crippen LogP contribution in [0.25, 0.3) is 0 Å². The van der Waals surface area contributed by atoms with Crippen molar-refractivity contribution < 1.29 is 13.2 Å². The van der Waals surface area contributed by atoms with Gasteiger partial charge in [0.2, 0.25) is 5.13 Å². The van der Waals surface area contributed by atoms with E-state index in [1.807, 2.05) is 0 Å². The van der Waals surface area contributed by atoms with E-state index in [4.69, 9.17) is 0 Å². The van der Waals surface area contributed by atoms with Gasteiger partial charge < -0.3 is 0 Å². The average Bonchev–Trinajstić information content (AvgIpc) is 3.19. The highest BCUT2D eigenvalue weighted by Gasteiger charge is 2.27. The topological polar surface area (TPSA) is 89.0 Å². The fourth-order valence-corrected chi connectivity index (χ4v) is 3.34. The van der Waals surface area contributed by atoms with Crippen LogP contribution in [0.2, 0.25) is 0 Å². The Morgan fingerprint density at radius 1 is 1.24 bits per heavy atom. The van der Waals surface area contributed by atoms with Gasteiger partial charge >= 0.3 is 0 Å². The molecular weight excluding hydrogens is 310 g/mol. The summed E-state index contributed by atoms with van der Waals surface area (Å²) in [5.74, 6) is 0.177. The zero-order valence-electron chi connectivity index (χ0n) is 11.2. The summed E-state index contributed by atoms with van der Waals surface area (Å²) in [7, 11) is -3.26. The number of benzene rings is 1. The summed E-state index contributed by atoms with van der Waals surface area (Å²) in [5.41, 5.74) is 0.380. The Labute approximate surface area is 126 Å². The molecular formula is C13H13N3O3S2. The minimum absolute atomic E-state index is 0.186. The van der Waals surface area contributed by atoms with Gasteiger partial charge in [-0.15, -0.1) is 10.2 Å². The Bertz CT molecular complexity index is 777. The fourth-order valence-electron chi connectivity index (χ4n) is 1.80. The zero-order chi connectivity index (χ0) is 15.0. The molecule has 1 heterocycles. The number of nitrogens with zero attached hydrogens (tertiary/aromatic N) is 2. The molecule has 1 N–H and O–H groups in total. The molecule has 6 nitrogen and oxygen atoms in total. The van der Waals surface area contributed by atoms with Gasteiger partial charge in [0, 0.05) is 17.7 Å². The molecule has 1 aromatic heterocycles. The molecule has 21 heavy (non-hydrogen) atoms. The molecule has 1 aliphatic carbocycles. The lowest BCUT2D eigenvalue weighted by Crippen LogP contribution is -2.11. The van der Waals surface area contributed by atoms with Gasteiger partial charge in [-0.25, -0.2) is 8.42 Å². The third-order valence-corrected chi connectivity index (χ3v) is 5.26. The van der Waals surface area contributed by atoms with Crippen molar-refractivity contribution in [2.45, 2.75) is 23.7 Å². The number of nitrogens with one attached hydrogen (secondary N) is 1. The molecule has 0 spiro atoms. The molecule has 110 valence electrons. The smallest absolute Gasteiger partial charge is 0.257 e. The Balaban J connectivity index is 1.72. The maximum Gasteiger partial charge on any atom is 0.257 e. The third-order valence-electron chi connectivity index (χ3n) is 3.13. The van der Waals surface area contributed by atoms with E-state index in [0.29, 0.717) is 16.6 Å². The second-order valence-corrected chi connectivity index (χ2v) is 8.00. The van der Waals surface area contributed by atoms with Crippen LogP contribution in [0, 0.1) is 0 Å². The van der Waals surface area contributed by atoms with Crippen LogP contribution in [0.4, 0.5) is 5.13 Å². The van der Waals surface area contributed by atoms with Gasteiger partial charge in [-0.3, -0.25) is 10.1 Å². The molecule has 0 radical (unpaired) electrons. The predicted molar refractivity (Wildman–Crippen MR) is 79.4 cm³/mol. The number of anilines is 1. The molecule has 0 aliphatic heterocycles. The Hall–Kier alpha value is -1.80. The van der Waals surface area contributed by atoms with E-state index in [1.165, 1.54) is 35.6 Å². The minimum Gasteiger partial charge on any atom is -0.296 e. The van der Waals surface area contributed by atoms with Crippen molar-refractivity contribution in [3.8, 4) is 0 Å². The molecule has 1 fully saturated rings. The van der Waals surface area contributed by atoms with E-state index in [0.717, 1.165) is 24.1 Å². The summed E-state index contributed by atoms with van der Waals surface area (Å²) >= 11 is 1.38. The maximum absolute atomic E-state index is 12.0. The molecule has 8 heteroatoms. The first-order valence-electron chi connectivity index (χ1n) is 6.38. The SMILES string of the molecule is CS(=O)(=O)c1ccc(C(=O)Nc2nnc(C3CC3)s2)cc1. The molecule has 0 bridgehead atoms. The lowest BCUT2D eigenvalue weighted by atomic mass is 10.2. The number of hydrogen-bond acceptors (Lipinski definition) is 6. The van der Waals surface area contributed by atoms with Crippen LogP contribution in [-0.4, -0.2) is 30.8 Å². The zero-order valence-corrected chi connectivity index (χ0v) is 12.9. The largest absolute Gasteiger partial charge is 0.296 e. The van der Waals surface area contributed by atoms with E-state index in [1.54, 1.807) is 0 Å². The predicted octanol–water partition coefficient (Wildman–Crippen LogP) is 2.07. The molecule has 0 unspecified atom stereocenters. The van der Waals surface area contributed by atoms with Crippen molar-refractivity contribution in [1.82, 2.24) is 10.2 Å². The number of rotatable bonds is 4. The molecule has 3 rings (SSSR count). The molecule has 1 aliphatic rings. The summed E-state index contributed by atoms with van der Waals surface area (Å²) in [6, 6.07) is 5.79. The average molecular weight is 323 g/mol. The number of carbonyl (C=O) groups excluding carboxylic acids is 1. The second kappa shape index (κ2) is 5.19. The van der Waals surface area contributed by atoms with E-state index in [2.05, 4.69) is 15.5 Å². The monoisotopic (exact) mass is 323 g/mol. The quantitative estimate of drug-likeness (QED) is 0.930. The van der Waals surface area contributed by atoms with Gasteiger partial charge in [0.1, 0.15) is 5.01 Å². The number of aromatic nitrogens is 2. The van der Waals surface area contributed by atoms with Crippen LogP contribution in [0.5, 0.6) is 0 Å². The third kappa shape index (κ3) is 3.27. The van der Waals surface area contributed by atoms with Crippen LogP contribution in [0.3, 0.4) is 0 Å². The van der Waals surface area contributed by atoms with Crippen molar-refractivity contribution >= 4 is 32.2 Å². The molecule has 2 aromatic rings. The van der Waals surface area contributed by atoms with Crippen molar-refractivity contribution in [3.05, 3.63) is 34.8 Å². The summed E-state index contributed by atoms with van der Waals surface area (Å²) in [6.07, 6.45) is 3.40. The van der Waals surface area contributed by atoms with Gasteiger partial charge in [-0.2, -0.15) is 0 Å². The van der Waals surface area contributed by atoms with E-state index < -0.39 is 9.84 Å². The van der Waals surface area contributed by atoms with Crippen molar-refractivity contribution in [3.63, 3.8) is 0 Å². The number of amides is 1. The first kappa shape index (κ1) is 14.2. The van der Waals surface area contributed by atoms with Gasteiger partial charge in [-0.1, -0.05) is 11.3 Å². The highest BCUT2D eigenvalue weighted by Crippen LogP contribution is 2.42. The van der Waals surface area contributed by atoms with Gasteiger partial charge in [0.05, 0.1) is 4.90 Å². The van der Waals surface area contributed by atoms with E-state index in [9.17, 15) is 13.2 Å². The van der Waals surface area contributed by atoms with Crippen LogP contribution in [-0.2, 0) is 9.84 Å². The first-order chi connectivity index (χ1) is 9.93. The van der Waals surface area contributed by atoms with Crippen LogP contribution in [0.15, 0.2) is 29.2 Å². The van der Waals surface area contributed by atoms with Crippen LogP contribution in [0.1, 0.15) is 34.1 Å². The van der Waals surface area contributed by atoms with Crippen LogP contribution >= 0.6 is 11.3 Å². The Morgan fingerprint density at radius 2 is 1.90 bits per heavy atom. The normalized spacial score (nSPS) is 14.9. The van der Waals surface area contributed by atoms with E-state index >= 15 is 0 Å². The molecule has 1 saturated carbocycles. The van der Waals surface area contributed by atoms with E-state index in [-0.39, 0.29) is 10.8 Å². The molecule has 1 aromatic carbocycles. The number of hydrogen-bond donors (Lipinski definition) is 1. The molecule has 1 amide bonds. The number of sulfone groups is 1. The highest BCUT2D eigenvalue weighted by atomic mass is 32.2. The molecule has 0 saturated heterocycles. The maximum atomic E-state index is 12.0. The van der Waals surface area contributed by atoms with Crippen molar-refractivity contribution in [2.24, 2.45) is 0 Å². The summed E-state index contributed by atoms with van der Waals surface area (Å²) in [5, 5.41) is 12.1. The summed E-state index contributed by atoms with van der Waals surface area (Å²) in [6.45, 7) is 0. The summed E-state index contributed by atoms with van der Waals surface area (Å²) in [4.78, 5) is 12.2. The first-order valence-corrected chi connectivity index (χ1v) is 9.09. The Morgan fingerprint density at radius 3 is 2.48 bits per heavy atom. The second-order valence-electron chi connectivity index (χ2n) is 4.97. The van der Waals surface area contributed by atoms with Gasteiger partial charge in [0.15, 0.2) is 9.84 Å². The lowest BCUT2D eigenvalue weighted by molar-refractivity contribution is 0.102. The number of carbonyl (C=O) groups is 1. The van der Waals surface area contributed by atoms with Crippen molar-refractivity contribution in [1.29, 1.82) is 0 Å². The molecule has 0 atom stereocenters. The van der Waals surface area contributed by atoms with Crippen molar-refractivity contribution in [2.75, 3.05) is 11.6 Å². The standard InChI is InChI=1S/C13H13N3O3S2/c1-21(18,19)10-6-4-8(5-7-10)11(17)14-13-16-15-12(20-13)9-2-3-9/h4-7,9H,2-3H2,1H3,(H,14,16,17). The lowest BCUT2D eigenvalue weighted by Gasteiger charge is -2.02. The summed E-state index contributed by atoms with van der Waals surface area (Å²) < 4.78 is 22.7. The minimum atomic E-state index is -3.26. The van der Waals surface area contributed by atoms with Gasteiger partial charge in [0.25, 0.3) is 5.91 Å². The van der Waals surface area contributed by atoms with Crippen LogP contribution < -0.4 is 5.32 Å². The Kier molecular flexibility index (Phi) is 3.50. The van der Waals surface area contributed by atoms with Gasteiger partial charge in [-0.05, 0) is 37.1 Å². The highest BCUT2D eigenvalue weighted by molar-refractivity contribution is 7.90.